The van der Waals surface area contributed by atoms with E-state index in [1.54, 1.807) is 107 Å². The van der Waals surface area contributed by atoms with Gasteiger partial charge < -0.3 is 76.6 Å². The number of aliphatic hydroxyl groups excluding tert-OH is 1. The second-order valence-electron chi connectivity index (χ2n) is 21.7. The van der Waals surface area contributed by atoms with Crippen LogP contribution in [0.15, 0.2) is 91.3 Å². The fraction of sp³-hybridized carbons (Fsp3) is 0.417. The molecular weight excluding hydrogens is 1220 g/mol. The first-order chi connectivity index (χ1) is 40.6. The van der Waals surface area contributed by atoms with Gasteiger partial charge in [-0.3, -0.25) is 28.9 Å². The van der Waals surface area contributed by atoms with Crippen molar-refractivity contribution in [2.24, 2.45) is 14.1 Å². The third-order valence-electron chi connectivity index (χ3n) is 14.5. The summed E-state index contributed by atoms with van der Waals surface area (Å²) in [6, 6.07) is 17.0. The molecule has 0 bridgehead atoms. The van der Waals surface area contributed by atoms with Crippen molar-refractivity contribution in [3.63, 3.8) is 0 Å². The first-order valence-corrected chi connectivity index (χ1v) is 28.5. The number of aliphatic carboxylic acids is 1. The van der Waals surface area contributed by atoms with Crippen LogP contribution in [0.5, 0.6) is 17.2 Å². The fourth-order valence-electron chi connectivity index (χ4n) is 10.1. The number of nitrogens with zero attached hydrogens (tertiary/aromatic N) is 5. The molecule has 454 valence electrons. The predicted molar refractivity (Wildman–Crippen MR) is 319 cm³/mol. The third kappa shape index (κ3) is 15.5. The Morgan fingerprint density at radius 3 is 2.31 bits per heavy atom. The second kappa shape index (κ2) is 27.8. The second-order valence-corrected chi connectivity index (χ2v) is 22.2. The quantitative estimate of drug-likeness (QED) is 0.0296. The van der Waals surface area contributed by atoms with Gasteiger partial charge in [0.2, 0.25) is 6.29 Å². The number of amides is 6. The number of nitrogens with one attached hydrogen (secondary N) is 3. The molecule has 4 atom stereocenters. The maximum Gasteiger partial charge on any atom is 0.414 e. The molecular formula is C60H71IN8O16. The van der Waals surface area contributed by atoms with Crippen molar-refractivity contribution in [3.05, 3.63) is 130 Å². The summed E-state index contributed by atoms with van der Waals surface area (Å²) in [7, 11) is 6.41. The van der Waals surface area contributed by atoms with Crippen molar-refractivity contribution in [3.8, 4) is 17.2 Å². The minimum atomic E-state index is -1.21. The van der Waals surface area contributed by atoms with E-state index < -0.39 is 59.9 Å². The molecule has 0 spiro atoms. The minimum Gasteiger partial charge on any atom is -0.493 e. The zero-order valence-electron chi connectivity index (χ0n) is 48.4. The first-order valence-electron chi connectivity index (χ1n) is 27.6. The maximum atomic E-state index is 14.5. The number of carbonyl (C=O) groups is 7. The number of benzene rings is 3. The van der Waals surface area contributed by atoms with Crippen LogP contribution in [0.3, 0.4) is 0 Å². The fourth-order valence-corrected chi connectivity index (χ4v) is 10.5. The number of hydrogen-bond acceptors (Lipinski definition) is 15. The largest absolute Gasteiger partial charge is 0.493 e. The van der Waals surface area contributed by atoms with Crippen LogP contribution in [0.25, 0.3) is 0 Å². The number of aliphatic hydroxyl groups is 1. The van der Waals surface area contributed by atoms with Gasteiger partial charge in [0.05, 0.1) is 59.6 Å². The van der Waals surface area contributed by atoms with Crippen LogP contribution < -0.4 is 35.1 Å². The van der Waals surface area contributed by atoms with E-state index in [1.807, 2.05) is 20.8 Å². The number of halogens is 1. The van der Waals surface area contributed by atoms with E-state index in [2.05, 4.69) is 22.5 Å². The molecule has 24 nitrogen and oxygen atoms in total. The number of hydrogen-bond donors (Lipinski definition) is 5. The average Bonchev–Trinajstić information content (AvgIpc) is 3.13. The Morgan fingerprint density at radius 2 is 1.60 bits per heavy atom. The molecule has 5 N–H and O–H groups in total. The van der Waals surface area contributed by atoms with Gasteiger partial charge in [0, 0.05) is 90.9 Å². The van der Waals surface area contributed by atoms with Crippen LogP contribution in [0.2, 0.25) is 0 Å². The zero-order valence-corrected chi connectivity index (χ0v) is 50.6. The number of fused-ring (bicyclic) bond motifs is 2. The molecule has 2 fully saturated rings. The molecule has 3 aliphatic rings. The third-order valence-corrected chi connectivity index (χ3v) is 15.2. The van der Waals surface area contributed by atoms with Crippen LogP contribution in [0.4, 0.5) is 21.9 Å². The number of aryl methyl sites for hydroxylation is 2. The van der Waals surface area contributed by atoms with E-state index >= 15 is 0 Å². The number of ether oxygens (including phenoxy) is 6. The Bertz CT molecular complexity index is 3340. The number of carboxylic acids is 1. The van der Waals surface area contributed by atoms with Gasteiger partial charge in [-0.1, -0.05) is 37.3 Å². The summed E-state index contributed by atoms with van der Waals surface area (Å²) in [4.78, 5) is 99.6. The highest BCUT2D eigenvalue weighted by Gasteiger charge is 2.41. The van der Waals surface area contributed by atoms with Crippen molar-refractivity contribution in [2.45, 2.75) is 96.2 Å². The van der Waals surface area contributed by atoms with Crippen molar-refractivity contribution < 1.29 is 75.3 Å². The van der Waals surface area contributed by atoms with E-state index in [9.17, 15) is 43.8 Å². The van der Waals surface area contributed by atoms with Gasteiger partial charge in [0.25, 0.3) is 29.5 Å². The Morgan fingerprint density at radius 1 is 0.882 bits per heavy atom. The molecule has 2 aromatic heterocycles. The summed E-state index contributed by atoms with van der Waals surface area (Å²) in [6.45, 7) is 10.6. The highest BCUT2D eigenvalue weighted by Crippen LogP contribution is 2.41. The normalized spacial score (nSPS) is 17.5. The van der Waals surface area contributed by atoms with Gasteiger partial charge in [-0.15, -0.1) is 0 Å². The van der Waals surface area contributed by atoms with Gasteiger partial charge in [-0.2, -0.15) is 0 Å². The smallest absolute Gasteiger partial charge is 0.414 e. The van der Waals surface area contributed by atoms with E-state index in [1.165, 1.54) is 47.2 Å². The van der Waals surface area contributed by atoms with E-state index in [-0.39, 0.29) is 109 Å². The zero-order chi connectivity index (χ0) is 61.3. The first kappa shape index (κ1) is 63.1. The molecule has 5 aromatic rings. The Balaban J connectivity index is 0.976. The molecule has 1 unspecified atom stereocenters. The standard InChI is InChI=1S/C60H71IN8O16/c1-9-18-82-60(3,4)34-62-54(72)44-21-37(14-15-48(44)83-52-25-42(85-61)24-51(84-52)58(76)77)33-81-59(78)69-31-41-19-35(2)28-68(41)56(74)43-26-49(79-8)50(27-45(43)69)80-32-36-12-10-13-38(20-36)53(71)63-39-22-46(66(6)29-39)55(73)64-40-23-47(67(7)30-40)57(75)65(5)16-11-17-70/h10,12-15,20-23,26-27,29-30,41-42,51-52,70H,2,9,11,16-19,24-25,28,31-34H2,1,3-8H3,(H,62,72)(H,63,71)(H,64,73)(H,76,77)/t41?,42-,51-,52+/m0/s1. The highest BCUT2D eigenvalue weighted by molar-refractivity contribution is 14.1. The molecule has 0 saturated carbocycles. The van der Waals surface area contributed by atoms with Gasteiger partial charge >= 0.3 is 12.1 Å². The van der Waals surface area contributed by atoms with E-state index in [4.69, 9.17) is 31.5 Å². The van der Waals surface area contributed by atoms with E-state index in [0.717, 1.165) is 12.0 Å². The number of rotatable bonds is 24. The van der Waals surface area contributed by atoms with Gasteiger partial charge in [0.1, 0.15) is 53.4 Å². The molecule has 2 saturated heterocycles. The molecule has 0 radical (unpaired) electrons. The van der Waals surface area contributed by atoms with Gasteiger partial charge in [-0.05, 0) is 86.7 Å². The van der Waals surface area contributed by atoms with Crippen LogP contribution in [0, 0.1) is 0 Å². The summed E-state index contributed by atoms with van der Waals surface area (Å²) in [6.07, 6.45) is 1.54. The average molecular weight is 1290 g/mol. The molecule has 6 amide bonds. The van der Waals surface area contributed by atoms with Gasteiger partial charge in [-0.25, -0.2) is 9.59 Å². The highest BCUT2D eigenvalue weighted by atomic mass is 127. The molecule has 3 aliphatic heterocycles. The minimum absolute atomic E-state index is 0.0331. The van der Waals surface area contributed by atoms with Gasteiger partial charge in [0.15, 0.2) is 17.6 Å². The summed E-state index contributed by atoms with van der Waals surface area (Å²) in [5.74, 6) is -2.84. The molecule has 3 aromatic carbocycles. The number of anilines is 3. The number of carboxylic acid groups (broad SMARTS) is 1. The van der Waals surface area contributed by atoms with Crippen LogP contribution >= 0.6 is 23.0 Å². The predicted octanol–water partition coefficient (Wildman–Crippen LogP) is 7.48. The van der Waals surface area contributed by atoms with Crippen LogP contribution in [-0.2, 0) is 49.4 Å². The molecule has 0 aliphatic carbocycles. The number of methoxy groups -OCH3 is 1. The summed E-state index contributed by atoms with van der Waals surface area (Å²) >= 11 is 1.71. The van der Waals surface area contributed by atoms with E-state index in [0.29, 0.717) is 54.2 Å². The van der Waals surface area contributed by atoms with Crippen molar-refractivity contribution in [1.82, 2.24) is 24.3 Å². The van der Waals surface area contributed by atoms with Crippen molar-refractivity contribution >= 4 is 81.7 Å². The Hall–Kier alpha value is -7.98. The van der Waals surface area contributed by atoms with Crippen molar-refractivity contribution in [2.75, 3.05) is 69.1 Å². The summed E-state index contributed by atoms with van der Waals surface area (Å²) in [5, 5.41) is 27.5. The lowest BCUT2D eigenvalue weighted by Gasteiger charge is -2.32. The monoisotopic (exact) mass is 1290 g/mol. The molecule has 8 rings (SSSR count). The summed E-state index contributed by atoms with van der Waals surface area (Å²) in [5.41, 5.74) is 3.06. The van der Waals surface area contributed by atoms with Crippen LogP contribution in [-0.4, -0.2) is 154 Å². The molecule has 85 heavy (non-hydrogen) atoms. The topological polar surface area (TPSA) is 280 Å². The Kier molecular flexibility index (Phi) is 20.6. The maximum absolute atomic E-state index is 14.5. The lowest BCUT2D eigenvalue weighted by molar-refractivity contribution is -0.191. The summed E-state index contributed by atoms with van der Waals surface area (Å²) < 4.78 is 44.6. The lowest BCUT2D eigenvalue weighted by Crippen LogP contribution is -2.43. The molecule has 25 heteroatoms. The number of aromatic nitrogens is 2. The van der Waals surface area contributed by atoms with Crippen molar-refractivity contribution in [1.29, 1.82) is 0 Å². The van der Waals surface area contributed by atoms with Crippen LogP contribution in [0.1, 0.15) is 116 Å². The number of carbonyl (C=O) groups excluding carboxylic acids is 6. The molecule has 5 heterocycles. The lowest BCUT2D eigenvalue weighted by atomic mass is 10.0. The SMILES string of the molecule is C=C1CC2CN(C(=O)OCc3ccc(O[C@H]4C[C@@H](OI)C[C@@H](C(=O)O)O4)c(C(=O)NCC(C)(C)OCCC)c3)c3cc(OCc4cccc(C(=O)Nc5cc(C(=O)Nc6cc(C(=O)N(C)CCCO)n(C)c6)n(C)c5)c4)c(OC)cc3C(=O)N2C1. The Labute approximate surface area is 505 Å².